The first-order chi connectivity index (χ1) is 11.3. The average molecular weight is 323 g/mol. The van der Waals surface area contributed by atoms with Crippen molar-refractivity contribution in [2.24, 2.45) is 0 Å². The van der Waals surface area contributed by atoms with Crippen LogP contribution in [0.15, 0.2) is 54.6 Å². The molecule has 1 saturated heterocycles. The van der Waals surface area contributed by atoms with Gasteiger partial charge in [0.1, 0.15) is 0 Å². The molecule has 0 aromatic heterocycles. The molecule has 0 radical (unpaired) electrons. The summed E-state index contributed by atoms with van der Waals surface area (Å²) in [5.74, 6) is 0. The van der Waals surface area contributed by atoms with Gasteiger partial charge in [0.05, 0.1) is 11.2 Å². The first kappa shape index (κ1) is 17.1. The molecule has 2 aromatic carbocycles. The molecule has 0 spiro atoms. The van der Waals surface area contributed by atoms with Crippen molar-refractivity contribution in [1.29, 1.82) is 0 Å². The maximum Gasteiger partial charge on any atom is 0.494 e. The number of nitrogens with one attached hydrogen (secondary N) is 1. The Morgan fingerprint density at radius 3 is 1.92 bits per heavy atom. The number of hydrogen-bond acceptors (Lipinski definition) is 3. The Morgan fingerprint density at radius 1 is 0.833 bits per heavy atom. The van der Waals surface area contributed by atoms with Crippen LogP contribution in [-0.2, 0) is 9.31 Å². The second-order valence-corrected chi connectivity index (χ2v) is 7.49. The molecular weight excluding hydrogens is 297 g/mol. The van der Waals surface area contributed by atoms with Crippen molar-refractivity contribution in [1.82, 2.24) is 0 Å². The highest BCUT2D eigenvalue weighted by Crippen LogP contribution is 2.36. The van der Waals surface area contributed by atoms with Crippen molar-refractivity contribution in [2.75, 3.05) is 5.32 Å². The molecule has 1 atom stereocenters. The van der Waals surface area contributed by atoms with Gasteiger partial charge in [-0.25, -0.2) is 0 Å². The van der Waals surface area contributed by atoms with Gasteiger partial charge >= 0.3 is 7.12 Å². The zero-order chi connectivity index (χ0) is 17.4. The summed E-state index contributed by atoms with van der Waals surface area (Å²) >= 11 is 0. The van der Waals surface area contributed by atoms with E-state index in [9.17, 15) is 0 Å². The van der Waals surface area contributed by atoms with E-state index in [1.807, 2.05) is 6.07 Å². The maximum atomic E-state index is 6.10. The lowest BCUT2D eigenvalue weighted by molar-refractivity contribution is 0.00578. The molecule has 0 aliphatic carbocycles. The summed E-state index contributed by atoms with van der Waals surface area (Å²) < 4.78 is 12.2. The van der Waals surface area contributed by atoms with Crippen LogP contribution in [0.1, 0.15) is 46.2 Å². The molecular formula is C20H26BNO2. The van der Waals surface area contributed by atoms with Gasteiger partial charge in [-0.15, -0.1) is 0 Å². The van der Waals surface area contributed by atoms with E-state index < -0.39 is 0 Å². The molecule has 24 heavy (non-hydrogen) atoms. The largest absolute Gasteiger partial charge is 0.494 e. The zero-order valence-electron chi connectivity index (χ0n) is 15.2. The van der Waals surface area contributed by atoms with E-state index >= 15 is 0 Å². The van der Waals surface area contributed by atoms with E-state index in [-0.39, 0.29) is 24.4 Å². The van der Waals surface area contributed by atoms with E-state index in [4.69, 9.17) is 9.31 Å². The summed E-state index contributed by atoms with van der Waals surface area (Å²) in [6.45, 7) is 10.5. The highest BCUT2D eigenvalue weighted by atomic mass is 16.7. The summed E-state index contributed by atoms with van der Waals surface area (Å²) in [7, 11) is -0.310. The molecule has 1 aliphatic heterocycles. The predicted molar refractivity (Wildman–Crippen MR) is 101 cm³/mol. The lowest BCUT2D eigenvalue weighted by atomic mass is 9.79. The van der Waals surface area contributed by atoms with Crippen LogP contribution < -0.4 is 10.8 Å². The molecule has 1 aliphatic rings. The molecule has 0 saturated carbocycles. The van der Waals surface area contributed by atoms with Gasteiger partial charge in [0, 0.05) is 11.7 Å². The Hall–Kier alpha value is -1.78. The van der Waals surface area contributed by atoms with Gasteiger partial charge in [0.2, 0.25) is 0 Å². The topological polar surface area (TPSA) is 30.5 Å². The van der Waals surface area contributed by atoms with Crippen LogP contribution in [0.2, 0.25) is 0 Å². The first-order valence-corrected chi connectivity index (χ1v) is 8.56. The van der Waals surface area contributed by atoms with Gasteiger partial charge in [-0.2, -0.15) is 0 Å². The Bertz CT molecular complexity index is 667. The number of anilines is 1. The number of rotatable bonds is 4. The average Bonchev–Trinajstić information content (AvgIpc) is 2.77. The molecule has 126 valence electrons. The number of hydrogen-bond donors (Lipinski definition) is 1. The van der Waals surface area contributed by atoms with Crippen LogP contribution in [0.3, 0.4) is 0 Å². The van der Waals surface area contributed by atoms with Crippen LogP contribution in [-0.4, -0.2) is 18.3 Å². The predicted octanol–water partition coefficient (Wildman–Crippen LogP) is 4.16. The third-order valence-corrected chi connectivity index (χ3v) is 5.12. The molecule has 1 N–H and O–H groups in total. The molecule has 2 aromatic rings. The number of benzene rings is 2. The minimum atomic E-state index is -0.310. The second kappa shape index (κ2) is 6.27. The van der Waals surface area contributed by atoms with E-state index in [2.05, 4.69) is 88.5 Å². The Balaban J connectivity index is 1.68. The van der Waals surface area contributed by atoms with Crippen LogP contribution in [0.5, 0.6) is 0 Å². The van der Waals surface area contributed by atoms with Crippen molar-refractivity contribution < 1.29 is 9.31 Å². The van der Waals surface area contributed by atoms with E-state index in [0.717, 1.165) is 11.2 Å². The van der Waals surface area contributed by atoms with Crippen LogP contribution in [0, 0.1) is 0 Å². The highest BCUT2D eigenvalue weighted by molar-refractivity contribution is 6.62. The summed E-state index contributed by atoms with van der Waals surface area (Å²) in [5, 5.41) is 3.53. The van der Waals surface area contributed by atoms with Gasteiger partial charge < -0.3 is 14.6 Å². The van der Waals surface area contributed by atoms with Crippen molar-refractivity contribution in [3.05, 3.63) is 60.2 Å². The Labute approximate surface area is 145 Å². The van der Waals surface area contributed by atoms with Gasteiger partial charge in [0.25, 0.3) is 0 Å². The normalized spacial score (nSPS) is 20.0. The van der Waals surface area contributed by atoms with E-state index in [1.165, 1.54) is 5.56 Å². The fraction of sp³-hybridized carbons (Fsp3) is 0.400. The van der Waals surface area contributed by atoms with E-state index in [1.54, 1.807) is 0 Å². The monoisotopic (exact) mass is 323 g/mol. The summed E-state index contributed by atoms with van der Waals surface area (Å²) in [4.78, 5) is 0. The minimum absolute atomic E-state index is 0.258. The van der Waals surface area contributed by atoms with Gasteiger partial charge in [0.15, 0.2) is 0 Å². The van der Waals surface area contributed by atoms with Gasteiger partial charge in [-0.05, 0) is 57.8 Å². The van der Waals surface area contributed by atoms with Crippen LogP contribution >= 0.6 is 0 Å². The molecule has 1 unspecified atom stereocenters. The summed E-state index contributed by atoms with van der Waals surface area (Å²) in [5.41, 5.74) is 2.79. The van der Waals surface area contributed by atoms with Crippen molar-refractivity contribution in [2.45, 2.75) is 51.9 Å². The quantitative estimate of drug-likeness (QED) is 0.857. The third-order valence-electron chi connectivity index (χ3n) is 5.12. The van der Waals surface area contributed by atoms with Crippen LogP contribution in [0.4, 0.5) is 5.69 Å². The SMILES string of the molecule is CC(Nc1ccc(B2OC(C)(C)C(C)(C)O2)cc1)c1ccccc1. The first-order valence-electron chi connectivity index (χ1n) is 8.56. The lowest BCUT2D eigenvalue weighted by Gasteiger charge is -2.32. The third kappa shape index (κ3) is 3.35. The van der Waals surface area contributed by atoms with Crippen molar-refractivity contribution in [3.8, 4) is 0 Å². The maximum absolute atomic E-state index is 6.10. The Morgan fingerprint density at radius 2 is 1.38 bits per heavy atom. The fourth-order valence-electron chi connectivity index (χ4n) is 2.79. The molecule has 4 heteroatoms. The fourth-order valence-corrected chi connectivity index (χ4v) is 2.79. The highest BCUT2D eigenvalue weighted by Gasteiger charge is 2.51. The second-order valence-electron chi connectivity index (χ2n) is 7.49. The minimum Gasteiger partial charge on any atom is -0.399 e. The van der Waals surface area contributed by atoms with Gasteiger partial charge in [-0.3, -0.25) is 0 Å². The van der Waals surface area contributed by atoms with Crippen LogP contribution in [0.25, 0.3) is 0 Å². The molecule has 1 fully saturated rings. The summed E-state index contributed by atoms with van der Waals surface area (Å²) in [6.07, 6.45) is 0. The zero-order valence-corrected chi connectivity index (χ0v) is 15.2. The molecule has 1 heterocycles. The van der Waals surface area contributed by atoms with E-state index in [0.29, 0.717) is 0 Å². The standard InChI is InChI=1S/C20H26BNO2/c1-15(16-9-7-6-8-10-16)22-18-13-11-17(12-14-18)21-23-19(2,3)20(4,5)24-21/h6-15,22H,1-5H3. The van der Waals surface area contributed by atoms with Crippen molar-refractivity contribution >= 4 is 18.3 Å². The molecule has 3 nitrogen and oxygen atoms in total. The molecule has 0 bridgehead atoms. The lowest BCUT2D eigenvalue weighted by Crippen LogP contribution is -2.41. The van der Waals surface area contributed by atoms with Crippen molar-refractivity contribution in [3.63, 3.8) is 0 Å². The smallest absolute Gasteiger partial charge is 0.399 e. The molecule has 0 amide bonds. The Kier molecular flexibility index (Phi) is 4.45. The summed E-state index contributed by atoms with van der Waals surface area (Å²) in [6, 6.07) is 19.0. The van der Waals surface area contributed by atoms with Gasteiger partial charge in [-0.1, -0.05) is 42.5 Å². The molecule has 3 rings (SSSR count).